The number of ether oxygens (including phenoxy) is 3. The van der Waals surface area contributed by atoms with Gasteiger partial charge in [-0.25, -0.2) is 9.78 Å². The number of rotatable bonds is 6. The first-order chi connectivity index (χ1) is 11.2. The zero-order valence-corrected chi connectivity index (χ0v) is 13.4. The minimum absolute atomic E-state index is 0.326. The third-order valence-corrected chi connectivity index (χ3v) is 3.01. The average molecular weight is 313 g/mol. The van der Waals surface area contributed by atoms with Crippen molar-refractivity contribution in [1.29, 1.82) is 0 Å². The van der Waals surface area contributed by atoms with E-state index in [-0.39, 0.29) is 0 Å². The van der Waals surface area contributed by atoms with Crippen molar-refractivity contribution in [3.05, 3.63) is 53.7 Å². The van der Waals surface area contributed by atoms with Gasteiger partial charge in [-0.1, -0.05) is 18.2 Å². The van der Waals surface area contributed by atoms with Gasteiger partial charge in [-0.3, -0.25) is 0 Å². The number of methoxy groups -OCH3 is 1. The Bertz CT molecular complexity index is 693. The quantitative estimate of drug-likeness (QED) is 0.752. The molecule has 5 heteroatoms. The summed E-state index contributed by atoms with van der Waals surface area (Å²) < 4.78 is 16.0. The number of nitrogens with zero attached hydrogens (tertiary/aromatic N) is 1. The van der Waals surface area contributed by atoms with E-state index >= 15 is 0 Å². The summed E-state index contributed by atoms with van der Waals surface area (Å²) in [6, 6.07) is 8.84. The van der Waals surface area contributed by atoms with E-state index in [2.05, 4.69) is 4.98 Å². The van der Waals surface area contributed by atoms with Crippen LogP contribution in [0.2, 0.25) is 0 Å². The van der Waals surface area contributed by atoms with Crippen molar-refractivity contribution in [1.82, 2.24) is 4.98 Å². The van der Waals surface area contributed by atoms with Crippen molar-refractivity contribution >= 4 is 12.0 Å². The fourth-order valence-corrected chi connectivity index (χ4v) is 1.95. The van der Waals surface area contributed by atoms with Gasteiger partial charge < -0.3 is 14.2 Å². The number of carbonyl (C=O) groups is 1. The molecule has 2 aromatic rings. The molecule has 0 aliphatic rings. The lowest BCUT2D eigenvalue weighted by atomic mass is 10.2. The van der Waals surface area contributed by atoms with Gasteiger partial charge in [0.25, 0.3) is 0 Å². The van der Waals surface area contributed by atoms with Crippen LogP contribution in [0, 0.1) is 0 Å². The number of hydrogen-bond acceptors (Lipinski definition) is 5. The Kier molecular flexibility index (Phi) is 5.74. The van der Waals surface area contributed by atoms with Gasteiger partial charge in [0.15, 0.2) is 11.5 Å². The second kappa shape index (κ2) is 7.98. The molecular weight excluding hydrogens is 294 g/mol. The lowest BCUT2D eigenvalue weighted by Gasteiger charge is -2.10. The Morgan fingerprint density at radius 1 is 1.22 bits per heavy atom. The van der Waals surface area contributed by atoms with Crippen molar-refractivity contribution in [2.24, 2.45) is 0 Å². The Morgan fingerprint density at radius 3 is 2.65 bits per heavy atom. The highest BCUT2D eigenvalue weighted by Crippen LogP contribution is 2.32. The molecule has 0 aliphatic carbocycles. The molecule has 0 unspecified atom stereocenters. The molecule has 0 saturated heterocycles. The number of carbonyl (C=O) groups excluding carboxylic acids is 1. The molecule has 120 valence electrons. The fraction of sp³-hybridized carbons (Fsp3) is 0.222. The van der Waals surface area contributed by atoms with Gasteiger partial charge in [0.1, 0.15) is 0 Å². The van der Waals surface area contributed by atoms with Crippen LogP contribution in [0.3, 0.4) is 0 Å². The predicted octanol–water partition coefficient (Wildman–Crippen LogP) is 4.09. The number of benzene rings is 1. The van der Waals surface area contributed by atoms with Crippen LogP contribution >= 0.6 is 0 Å². The molecule has 0 atom stereocenters. The molecule has 23 heavy (non-hydrogen) atoms. The van der Waals surface area contributed by atoms with E-state index in [1.54, 1.807) is 26.2 Å². The number of aromatic nitrogens is 1. The maximum absolute atomic E-state index is 11.6. The molecule has 0 amide bonds. The highest BCUT2D eigenvalue weighted by molar-refractivity contribution is 5.89. The van der Waals surface area contributed by atoms with E-state index in [0.717, 1.165) is 5.56 Å². The molecule has 0 aliphatic heterocycles. The van der Waals surface area contributed by atoms with Crippen molar-refractivity contribution in [2.75, 3.05) is 13.7 Å². The summed E-state index contributed by atoms with van der Waals surface area (Å²) >= 11 is 0. The predicted molar refractivity (Wildman–Crippen MR) is 88.0 cm³/mol. The zero-order valence-electron chi connectivity index (χ0n) is 13.4. The van der Waals surface area contributed by atoms with Gasteiger partial charge in [0, 0.05) is 12.3 Å². The van der Waals surface area contributed by atoms with Crippen LogP contribution in [0.4, 0.5) is 0 Å². The van der Waals surface area contributed by atoms with E-state index in [1.807, 2.05) is 37.3 Å². The topological polar surface area (TPSA) is 57.7 Å². The summed E-state index contributed by atoms with van der Waals surface area (Å²) in [6.07, 6.45) is 5.34. The molecule has 0 fully saturated rings. The molecule has 1 aromatic heterocycles. The van der Waals surface area contributed by atoms with E-state index in [1.165, 1.54) is 6.20 Å². The Balaban J connectivity index is 2.17. The average Bonchev–Trinajstić information content (AvgIpc) is 2.57. The number of hydrogen-bond donors (Lipinski definition) is 0. The van der Waals surface area contributed by atoms with Crippen molar-refractivity contribution in [3.8, 4) is 17.4 Å². The smallest absolute Gasteiger partial charge is 0.339 e. The molecule has 1 aromatic carbocycles. The fourth-order valence-electron chi connectivity index (χ4n) is 1.95. The normalized spacial score (nSPS) is 10.6. The van der Waals surface area contributed by atoms with Crippen molar-refractivity contribution in [2.45, 2.75) is 13.8 Å². The molecule has 2 rings (SSSR count). The Hall–Kier alpha value is -2.82. The summed E-state index contributed by atoms with van der Waals surface area (Å²) in [7, 11) is 1.58. The maximum Gasteiger partial charge on any atom is 0.339 e. The van der Waals surface area contributed by atoms with Gasteiger partial charge in [-0.15, -0.1) is 0 Å². The highest BCUT2D eigenvalue weighted by atomic mass is 16.5. The minimum Gasteiger partial charge on any atom is -0.493 e. The van der Waals surface area contributed by atoms with E-state index in [0.29, 0.717) is 29.5 Å². The maximum atomic E-state index is 11.6. The monoisotopic (exact) mass is 313 g/mol. The number of pyridine rings is 1. The second-order valence-corrected chi connectivity index (χ2v) is 4.62. The lowest BCUT2D eigenvalue weighted by Crippen LogP contribution is -2.05. The summed E-state index contributed by atoms with van der Waals surface area (Å²) in [5, 5.41) is 0. The van der Waals surface area contributed by atoms with Crippen LogP contribution in [-0.4, -0.2) is 24.7 Å². The SMILES string of the molecule is C/C=C/c1ccc(Oc2ccc(C(=O)OCC)cn2)c(OC)c1. The van der Waals surface area contributed by atoms with Gasteiger partial charge in [0.2, 0.25) is 5.88 Å². The Labute approximate surface area is 135 Å². The van der Waals surface area contributed by atoms with Crippen LogP contribution < -0.4 is 9.47 Å². The highest BCUT2D eigenvalue weighted by Gasteiger charge is 2.10. The van der Waals surface area contributed by atoms with Crippen LogP contribution in [0.1, 0.15) is 29.8 Å². The lowest BCUT2D eigenvalue weighted by molar-refractivity contribution is 0.0526. The molecule has 5 nitrogen and oxygen atoms in total. The van der Waals surface area contributed by atoms with Crippen molar-refractivity contribution in [3.63, 3.8) is 0 Å². The van der Waals surface area contributed by atoms with Gasteiger partial charge in [-0.05, 0) is 37.6 Å². The van der Waals surface area contributed by atoms with E-state index in [4.69, 9.17) is 14.2 Å². The van der Waals surface area contributed by atoms with Crippen molar-refractivity contribution < 1.29 is 19.0 Å². The second-order valence-electron chi connectivity index (χ2n) is 4.62. The number of esters is 1. The molecule has 0 spiro atoms. The molecule has 0 bridgehead atoms. The molecule has 0 N–H and O–H groups in total. The van der Waals surface area contributed by atoms with E-state index in [9.17, 15) is 4.79 Å². The summed E-state index contributed by atoms with van der Waals surface area (Å²) in [4.78, 5) is 15.7. The van der Waals surface area contributed by atoms with Crippen LogP contribution in [-0.2, 0) is 4.74 Å². The van der Waals surface area contributed by atoms with Crippen LogP contribution in [0.15, 0.2) is 42.6 Å². The number of allylic oxidation sites excluding steroid dienone is 1. The van der Waals surface area contributed by atoms with Gasteiger partial charge in [-0.2, -0.15) is 0 Å². The summed E-state index contributed by atoms with van der Waals surface area (Å²) in [6.45, 7) is 4.03. The largest absolute Gasteiger partial charge is 0.493 e. The minimum atomic E-state index is -0.403. The Morgan fingerprint density at radius 2 is 2.04 bits per heavy atom. The van der Waals surface area contributed by atoms with Gasteiger partial charge in [0.05, 0.1) is 19.3 Å². The first-order valence-electron chi connectivity index (χ1n) is 7.29. The first kappa shape index (κ1) is 16.5. The third kappa shape index (κ3) is 4.32. The van der Waals surface area contributed by atoms with Gasteiger partial charge >= 0.3 is 5.97 Å². The molecule has 0 radical (unpaired) electrons. The summed E-state index contributed by atoms with van der Waals surface area (Å²) in [5.41, 5.74) is 1.40. The third-order valence-electron chi connectivity index (χ3n) is 3.01. The molecular formula is C18H19NO4. The molecule has 0 saturated carbocycles. The standard InChI is InChI=1S/C18H19NO4/c1-4-6-13-7-9-15(16(11-13)21-3)23-17-10-8-14(12-19-17)18(20)22-5-2/h4,6-12H,5H2,1-3H3/b6-4+. The first-order valence-corrected chi connectivity index (χ1v) is 7.29. The summed E-state index contributed by atoms with van der Waals surface area (Å²) in [5.74, 6) is 1.13. The van der Waals surface area contributed by atoms with Crippen LogP contribution in [0.25, 0.3) is 6.08 Å². The molecule has 1 heterocycles. The van der Waals surface area contributed by atoms with E-state index < -0.39 is 5.97 Å². The van der Waals surface area contributed by atoms with Crippen LogP contribution in [0.5, 0.6) is 17.4 Å². The zero-order chi connectivity index (χ0) is 16.7.